The molecule has 0 radical (unpaired) electrons. The smallest absolute Gasteiger partial charge is 0.255 e. The fraction of sp³-hybridized carbons (Fsp3) is 0.429. The van der Waals surface area contributed by atoms with Crippen LogP contribution in [0, 0.1) is 0 Å². The van der Waals surface area contributed by atoms with Gasteiger partial charge in [-0.3, -0.25) is 9.59 Å². The van der Waals surface area contributed by atoms with Crippen molar-refractivity contribution in [1.82, 2.24) is 5.32 Å². The molecule has 1 aliphatic heterocycles. The summed E-state index contributed by atoms with van der Waals surface area (Å²) >= 11 is 0. The van der Waals surface area contributed by atoms with Crippen LogP contribution in [0.2, 0.25) is 0 Å². The summed E-state index contributed by atoms with van der Waals surface area (Å²) in [6, 6.07) is 21.6. The van der Waals surface area contributed by atoms with E-state index in [0.717, 1.165) is 56.1 Å². The molecule has 4 rings (SSSR count). The number of anilines is 3. The van der Waals surface area contributed by atoms with Gasteiger partial charge in [-0.25, -0.2) is 0 Å². The molecule has 0 aliphatic carbocycles. The summed E-state index contributed by atoms with van der Waals surface area (Å²) in [5.41, 5.74) is 4.99. The monoisotopic (exact) mass is 570 g/mol. The average molecular weight is 571 g/mol. The minimum absolute atomic E-state index is 0.0477. The molecule has 0 saturated carbocycles. The Morgan fingerprint density at radius 3 is 2.19 bits per heavy atom. The first-order valence-corrected chi connectivity index (χ1v) is 15.4. The number of carbonyl (C=O) groups excluding carboxylic acids is 2. The molecule has 0 spiro atoms. The zero-order valence-electron chi connectivity index (χ0n) is 25.6. The van der Waals surface area contributed by atoms with E-state index >= 15 is 0 Å². The molecule has 3 aromatic rings. The van der Waals surface area contributed by atoms with Gasteiger partial charge in [0.25, 0.3) is 11.8 Å². The number of aryl methyl sites for hydroxylation is 1. The van der Waals surface area contributed by atoms with Crippen LogP contribution in [0.15, 0.2) is 66.7 Å². The lowest BCUT2D eigenvalue weighted by Gasteiger charge is -2.38. The standard InChI is InChI=1S/C35H46N4O3/c1-5-7-8-9-12-27-15-17-28(18-16-27)34(40)37-29-19-20-31(30(25-29)35(41)36-26(3)6-2)38-21-23-39(24-22-38)32-13-10-11-14-33(32)42-4/h10-11,13-20,25-26H,5-9,12,21-24H2,1-4H3,(H,36,41)(H,37,40). The number of benzene rings is 3. The lowest BCUT2D eigenvalue weighted by molar-refractivity contribution is 0.0938. The predicted molar refractivity (Wildman–Crippen MR) is 173 cm³/mol. The highest BCUT2D eigenvalue weighted by molar-refractivity contribution is 6.06. The first-order chi connectivity index (χ1) is 20.4. The van der Waals surface area contributed by atoms with Crippen LogP contribution >= 0.6 is 0 Å². The number of nitrogens with one attached hydrogen (secondary N) is 2. The molecule has 1 atom stereocenters. The zero-order chi connectivity index (χ0) is 29.9. The highest BCUT2D eigenvalue weighted by Gasteiger charge is 2.24. The van der Waals surface area contributed by atoms with Crippen molar-refractivity contribution in [2.75, 3.05) is 48.4 Å². The Balaban J connectivity index is 1.47. The normalized spacial score (nSPS) is 13.9. The number of rotatable bonds is 13. The molecule has 1 heterocycles. The van der Waals surface area contributed by atoms with E-state index in [0.29, 0.717) is 16.8 Å². The Bertz CT molecular complexity index is 1320. The average Bonchev–Trinajstić information content (AvgIpc) is 3.03. The van der Waals surface area contributed by atoms with Gasteiger partial charge in [0.1, 0.15) is 5.75 Å². The molecule has 1 saturated heterocycles. The van der Waals surface area contributed by atoms with Crippen LogP contribution in [0.1, 0.15) is 79.2 Å². The number of para-hydroxylation sites is 2. The second-order valence-electron chi connectivity index (χ2n) is 11.1. The van der Waals surface area contributed by atoms with E-state index in [9.17, 15) is 9.59 Å². The summed E-state index contributed by atoms with van der Waals surface area (Å²) in [4.78, 5) is 31.1. The van der Waals surface area contributed by atoms with Crippen molar-refractivity contribution in [2.45, 2.75) is 65.3 Å². The number of unbranched alkanes of at least 4 members (excludes halogenated alkanes) is 3. The maximum Gasteiger partial charge on any atom is 0.255 e. The van der Waals surface area contributed by atoms with E-state index in [1.54, 1.807) is 13.2 Å². The SMILES string of the molecule is CCCCCCc1ccc(C(=O)Nc2ccc(N3CCN(c4ccccc4OC)CC3)c(C(=O)NC(C)CC)c2)cc1. The first kappa shape index (κ1) is 30.9. The van der Waals surface area contributed by atoms with Crippen molar-refractivity contribution in [1.29, 1.82) is 0 Å². The topological polar surface area (TPSA) is 73.9 Å². The number of piperazine rings is 1. The molecular formula is C35H46N4O3. The molecule has 7 nitrogen and oxygen atoms in total. The molecule has 42 heavy (non-hydrogen) atoms. The summed E-state index contributed by atoms with van der Waals surface area (Å²) in [6.45, 7) is 9.40. The highest BCUT2D eigenvalue weighted by atomic mass is 16.5. The van der Waals surface area contributed by atoms with E-state index in [1.807, 2.05) is 61.5 Å². The number of methoxy groups -OCH3 is 1. The van der Waals surface area contributed by atoms with Crippen LogP contribution in [0.25, 0.3) is 0 Å². The van der Waals surface area contributed by atoms with Gasteiger partial charge in [-0.1, -0.05) is 57.4 Å². The second kappa shape index (κ2) is 15.3. The number of carbonyl (C=O) groups is 2. The number of hydrogen-bond donors (Lipinski definition) is 2. The lowest BCUT2D eigenvalue weighted by Crippen LogP contribution is -2.47. The number of hydrogen-bond acceptors (Lipinski definition) is 5. The summed E-state index contributed by atoms with van der Waals surface area (Å²) < 4.78 is 5.57. The van der Waals surface area contributed by atoms with Gasteiger partial charge in [-0.15, -0.1) is 0 Å². The second-order valence-corrected chi connectivity index (χ2v) is 11.1. The molecule has 1 aliphatic rings. The van der Waals surface area contributed by atoms with Gasteiger partial charge in [-0.05, 0) is 74.2 Å². The van der Waals surface area contributed by atoms with E-state index in [-0.39, 0.29) is 17.9 Å². The summed E-state index contributed by atoms with van der Waals surface area (Å²) in [5.74, 6) is 0.551. The van der Waals surface area contributed by atoms with Crippen molar-refractivity contribution in [2.24, 2.45) is 0 Å². The van der Waals surface area contributed by atoms with Crippen LogP contribution in [0.4, 0.5) is 17.1 Å². The van der Waals surface area contributed by atoms with Crippen molar-refractivity contribution in [3.63, 3.8) is 0 Å². The van der Waals surface area contributed by atoms with E-state index in [2.05, 4.69) is 40.3 Å². The molecule has 3 aromatic carbocycles. The van der Waals surface area contributed by atoms with E-state index in [1.165, 1.54) is 31.2 Å². The summed E-state index contributed by atoms with van der Waals surface area (Å²) in [5, 5.41) is 6.12. The minimum Gasteiger partial charge on any atom is -0.495 e. The molecule has 1 unspecified atom stereocenters. The molecule has 0 bridgehead atoms. The third-order valence-electron chi connectivity index (χ3n) is 8.07. The predicted octanol–water partition coefficient (Wildman–Crippen LogP) is 6.93. The Labute approximate surface area is 251 Å². The van der Waals surface area contributed by atoms with Crippen LogP contribution in [0.3, 0.4) is 0 Å². The molecule has 2 amide bonds. The van der Waals surface area contributed by atoms with E-state index < -0.39 is 0 Å². The third-order valence-corrected chi connectivity index (χ3v) is 8.07. The molecular weight excluding hydrogens is 524 g/mol. The lowest BCUT2D eigenvalue weighted by atomic mass is 10.0. The highest BCUT2D eigenvalue weighted by Crippen LogP contribution is 2.31. The van der Waals surface area contributed by atoms with E-state index in [4.69, 9.17) is 4.74 Å². The Kier molecular flexibility index (Phi) is 11.3. The maximum absolute atomic E-state index is 13.4. The maximum atomic E-state index is 13.4. The number of amides is 2. The van der Waals surface area contributed by atoms with Crippen LogP contribution in [-0.4, -0.2) is 51.1 Å². The molecule has 0 aromatic heterocycles. The van der Waals surface area contributed by atoms with Crippen LogP contribution in [0.5, 0.6) is 5.75 Å². The summed E-state index contributed by atoms with van der Waals surface area (Å²) in [7, 11) is 1.70. The van der Waals surface area contributed by atoms with Crippen molar-refractivity contribution < 1.29 is 14.3 Å². The third kappa shape index (κ3) is 8.05. The molecule has 7 heteroatoms. The van der Waals surface area contributed by atoms with Crippen molar-refractivity contribution >= 4 is 28.9 Å². The number of ether oxygens (including phenoxy) is 1. The molecule has 1 fully saturated rings. The fourth-order valence-electron chi connectivity index (χ4n) is 5.34. The Morgan fingerprint density at radius 2 is 1.52 bits per heavy atom. The van der Waals surface area contributed by atoms with Gasteiger partial charge >= 0.3 is 0 Å². The van der Waals surface area contributed by atoms with Crippen molar-refractivity contribution in [3.05, 3.63) is 83.4 Å². The number of nitrogens with zero attached hydrogens (tertiary/aromatic N) is 2. The van der Waals surface area contributed by atoms with Gasteiger partial charge < -0.3 is 25.2 Å². The molecule has 224 valence electrons. The van der Waals surface area contributed by atoms with Gasteiger partial charge in [0.2, 0.25) is 0 Å². The largest absolute Gasteiger partial charge is 0.495 e. The van der Waals surface area contributed by atoms with Crippen molar-refractivity contribution in [3.8, 4) is 5.75 Å². The summed E-state index contributed by atoms with van der Waals surface area (Å²) in [6.07, 6.45) is 6.76. The first-order valence-electron chi connectivity index (χ1n) is 15.4. The minimum atomic E-state index is -0.181. The fourth-order valence-corrected chi connectivity index (χ4v) is 5.34. The van der Waals surface area contributed by atoms with Gasteiger partial charge in [0, 0.05) is 49.2 Å². The van der Waals surface area contributed by atoms with Gasteiger partial charge in [0.15, 0.2) is 0 Å². The molecule has 2 N–H and O–H groups in total. The Hall–Kier alpha value is -4.00. The Morgan fingerprint density at radius 1 is 0.833 bits per heavy atom. The van der Waals surface area contributed by atoms with Gasteiger partial charge in [0.05, 0.1) is 18.4 Å². The van der Waals surface area contributed by atoms with Gasteiger partial charge in [-0.2, -0.15) is 0 Å². The van der Waals surface area contributed by atoms with Crippen LogP contribution < -0.4 is 25.2 Å². The zero-order valence-corrected chi connectivity index (χ0v) is 25.6. The quantitative estimate of drug-likeness (QED) is 0.218. The van der Waals surface area contributed by atoms with Crippen LogP contribution in [-0.2, 0) is 6.42 Å².